The molecule has 1 amide bonds. The van der Waals surface area contributed by atoms with Crippen LogP contribution in [-0.2, 0) is 9.59 Å². The van der Waals surface area contributed by atoms with E-state index >= 15 is 0 Å². The van der Waals surface area contributed by atoms with Gasteiger partial charge in [0, 0.05) is 42.6 Å². The highest BCUT2D eigenvalue weighted by Gasteiger charge is 2.45. The van der Waals surface area contributed by atoms with Crippen molar-refractivity contribution in [2.45, 2.75) is 6.04 Å². The van der Waals surface area contributed by atoms with Crippen molar-refractivity contribution in [2.24, 2.45) is 0 Å². The molecule has 0 spiro atoms. The highest BCUT2D eigenvalue weighted by atomic mass is 35.5. The van der Waals surface area contributed by atoms with Gasteiger partial charge >= 0.3 is 0 Å². The van der Waals surface area contributed by atoms with Crippen molar-refractivity contribution in [3.63, 3.8) is 0 Å². The fraction of sp³-hybridized carbons (Fsp3) is 0.250. The minimum Gasteiger partial charge on any atom is -0.507 e. The second-order valence-electron chi connectivity index (χ2n) is 6.26. The van der Waals surface area contributed by atoms with Gasteiger partial charge in [-0.1, -0.05) is 17.7 Å². The summed E-state index contributed by atoms with van der Waals surface area (Å²) in [5.41, 5.74) is 1.04. The molecule has 1 saturated heterocycles. The normalized spacial score (nSPS) is 18.6. The van der Waals surface area contributed by atoms with Crippen molar-refractivity contribution >= 4 is 29.1 Å². The van der Waals surface area contributed by atoms with Gasteiger partial charge in [-0.25, -0.2) is 0 Å². The lowest BCUT2D eigenvalue weighted by Crippen LogP contribution is -2.36. The molecule has 0 aliphatic carbocycles. The monoisotopic (exact) mass is 401 g/mol. The summed E-state index contributed by atoms with van der Waals surface area (Å²) in [5.74, 6) is -1.69. The standard InChI is InChI=1S/C20H20ClN3O4/c21-15-5-3-13(4-6-15)18(26)16-17(14-2-1-7-23-12-14)24(20(28)19(16)27)10-8-22-9-11-25/h1-7,12,17,22,25-26H,8-11H2/b18-16-. The number of nitrogens with zero attached hydrogens (tertiary/aromatic N) is 2. The van der Waals surface area contributed by atoms with Gasteiger partial charge in [0.15, 0.2) is 0 Å². The molecule has 146 valence electrons. The van der Waals surface area contributed by atoms with E-state index in [9.17, 15) is 14.7 Å². The van der Waals surface area contributed by atoms with Gasteiger partial charge in [0.05, 0.1) is 18.2 Å². The third-order valence-corrected chi connectivity index (χ3v) is 4.73. The number of carbonyl (C=O) groups excluding carboxylic acids is 2. The van der Waals surface area contributed by atoms with Crippen LogP contribution in [0.3, 0.4) is 0 Å². The van der Waals surface area contributed by atoms with E-state index in [2.05, 4.69) is 10.3 Å². The van der Waals surface area contributed by atoms with Crippen LogP contribution in [0.2, 0.25) is 5.02 Å². The lowest BCUT2D eigenvalue weighted by Gasteiger charge is -2.25. The van der Waals surface area contributed by atoms with Gasteiger partial charge in [-0.15, -0.1) is 0 Å². The van der Waals surface area contributed by atoms with Crippen LogP contribution in [0, 0.1) is 0 Å². The Bertz CT molecular complexity index is 884. The first-order valence-electron chi connectivity index (χ1n) is 8.80. The third kappa shape index (κ3) is 4.06. The molecule has 1 unspecified atom stereocenters. The largest absolute Gasteiger partial charge is 0.507 e. The maximum absolute atomic E-state index is 12.8. The van der Waals surface area contributed by atoms with Gasteiger partial charge in [-0.2, -0.15) is 0 Å². The summed E-state index contributed by atoms with van der Waals surface area (Å²) in [6.45, 7) is 0.987. The number of aromatic nitrogens is 1. The van der Waals surface area contributed by atoms with E-state index < -0.39 is 17.7 Å². The van der Waals surface area contributed by atoms with Gasteiger partial charge in [0.1, 0.15) is 5.76 Å². The van der Waals surface area contributed by atoms with Gasteiger partial charge < -0.3 is 20.4 Å². The maximum Gasteiger partial charge on any atom is 0.295 e. The molecule has 1 fully saturated rings. The Kier molecular flexibility index (Phi) is 6.41. The Labute approximate surface area is 167 Å². The van der Waals surface area contributed by atoms with Crippen LogP contribution in [0.15, 0.2) is 54.4 Å². The van der Waals surface area contributed by atoms with Crippen molar-refractivity contribution in [3.05, 3.63) is 70.5 Å². The predicted molar refractivity (Wildman–Crippen MR) is 105 cm³/mol. The number of amides is 1. The average molecular weight is 402 g/mol. The molecule has 3 rings (SSSR count). The zero-order valence-electron chi connectivity index (χ0n) is 15.0. The number of likely N-dealkylation sites (tertiary alicyclic amines) is 1. The van der Waals surface area contributed by atoms with Crippen LogP contribution in [0.1, 0.15) is 17.2 Å². The summed E-state index contributed by atoms with van der Waals surface area (Å²) >= 11 is 5.90. The Balaban J connectivity index is 2.03. The van der Waals surface area contributed by atoms with Crippen molar-refractivity contribution in [2.75, 3.05) is 26.2 Å². The molecular weight excluding hydrogens is 382 g/mol. The molecule has 0 saturated carbocycles. The summed E-state index contributed by atoms with van der Waals surface area (Å²) in [6.07, 6.45) is 3.16. The lowest BCUT2D eigenvalue weighted by atomic mass is 9.96. The van der Waals surface area contributed by atoms with E-state index in [1.54, 1.807) is 48.8 Å². The van der Waals surface area contributed by atoms with Crippen molar-refractivity contribution in [1.82, 2.24) is 15.2 Å². The molecule has 1 aliphatic rings. The molecule has 1 aromatic carbocycles. The number of nitrogens with one attached hydrogen (secondary N) is 1. The highest BCUT2D eigenvalue weighted by Crippen LogP contribution is 2.38. The van der Waals surface area contributed by atoms with Crippen LogP contribution >= 0.6 is 11.6 Å². The zero-order chi connectivity index (χ0) is 20.1. The minimum atomic E-state index is -0.750. The molecule has 2 aromatic rings. The quantitative estimate of drug-likeness (QED) is 0.282. The van der Waals surface area contributed by atoms with E-state index in [0.29, 0.717) is 29.2 Å². The number of rotatable bonds is 7. The first-order chi connectivity index (χ1) is 13.5. The maximum atomic E-state index is 12.8. The molecular formula is C20H20ClN3O4. The second-order valence-corrected chi connectivity index (χ2v) is 6.70. The number of ketones is 1. The number of carbonyl (C=O) groups is 2. The molecule has 1 atom stereocenters. The molecule has 2 heterocycles. The molecule has 7 nitrogen and oxygen atoms in total. The van der Waals surface area contributed by atoms with Gasteiger partial charge in [-0.05, 0) is 35.9 Å². The van der Waals surface area contributed by atoms with Crippen LogP contribution < -0.4 is 5.32 Å². The van der Waals surface area contributed by atoms with Crippen molar-refractivity contribution < 1.29 is 19.8 Å². The van der Waals surface area contributed by atoms with Crippen LogP contribution in [0.4, 0.5) is 0 Å². The van der Waals surface area contributed by atoms with Gasteiger partial charge in [0.25, 0.3) is 11.7 Å². The SMILES string of the molecule is O=C1C(=O)N(CCNCCO)C(c2cccnc2)/C1=C(/O)c1ccc(Cl)cc1. The fourth-order valence-corrected chi connectivity index (χ4v) is 3.29. The van der Waals surface area contributed by atoms with Gasteiger partial charge in [-0.3, -0.25) is 14.6 Å². The molecule has 3 N–H and O–H groups in total. The number of Topliss-reactive ketones (excluding diaryl/α,β-unsaturated/α-hetero) is 1. The number of aliphatic hydroxyl groups is 2. The molecule has 1 aliphatic heterocycles. The van der Waals surface area contributed by atoms with Crippen molar-refractivity contribution in [3.8, 4) is 0 Å². The number of hydrogen-bond donors (Lipinski definition) is 3. The number of halogens is 1. The minimum absolute atomic E-state index is 0.0162. The number of benzene rings is 1. The number of hydrogen-bond acceptors (Lipinski definition) is 6. The van der Waals surface area contributed by atoms with Crippen molar-refractivity contribution in [1.29, 1.82) is 0 Å². The Morgan fingerprint density at radius 3 is 2.57 bits per heavy atom. The zero-order valence-corrected chi connectivity index (χ0v) is 15.8. The van der Waals surface area contributed by atoms with E-state index in [1.807, 2.05) is 0 Å². The Morgan fingerprint density at radius 1 is 1.18 bits per heavy atom. The second kappa shape index (κ2) is 8.97. The number of aliphatic hydroxyl groups excluding tert-OH is 2. The Hall–Kier alpha value is -2.74. The van der Waals surface area contributed by atoms with Crippen LogP contribution in [0.5, 0.6) is 0 Å². The highest BCUT2D eigenvalue weighted by molar-refractivity contribution is 6.46. The summed E-state index contributed by atoms with van der Waals surface area (Å²) in [6, 6.07) is 9.10. The van der Waals surface area contributed by atoms with E-state index in [1.165, 1.54) is 4.90 Å². The average Bonchev–Trinajstić information content (AvgIpc) is 2.97. The fourth-order valence-electron chi connectivity index (χ4n) is 3.16. The predicted octanol–water partition coefficient (Wildman–Crippen LogP) is 1.74. The molecule has 0 bridgehead atoms. The summed E-state index contributed by atoms with van der Waals surface area (Å²) in [5, 5.41) is 23.2. The first-order valence-corrected chi connectivity index (χ1v) is 9.18. The third-order valence-electron chi connectivity index (χ3n) is 4.48. The van der Waals surface area contributed by atoms with E-state index in [0.717, 1.165) is 0 Å². The smallest absolute Gasteiger partial charge is 0.295 e. The van der Waals surface area contributed by atoms with E-state index in [4.69, 9.17) is 16.7 Å². The first kappa shape index (κ1) is 20.0. The van der Waals surface area contributed by atoms with Crippen LogP contribution in [0.25, 0.3) is 5.76 Å². The molecule has 0 radical (unpaired) electrons. The summed E-state index contributed by atoms with van der Waals surface area (Å²) in [7, 11) is 0. The molecule has 8 heteroatoms. The summed E-state index contributed by atoms with van der Waals surface area (Å²) in [4.78, 5) is 30.9. The topological polar surface area (TPSA) is 103 Å². The molecule has 28 heavy (non-hydrogen) atoms. The van der Waals surface area contributed by atoms with Gasteiger partial charge in [0.2, 0.25) is 0 Å². The Morgan fingerprint density at radius 2 is 1.93 bits per heavy atom. The van der Waals surface area contributed by atoms with E-state index in [-0.39, 0.29) is 24.5 Å². The number of pyridine rings is 1. The molecule has 1 aromatic heterocycles. The summed E-state index contributed by atoms with van der Waals surface area (Å²) < 4.78 is 0. The lowest BCUT2D eigenvalue weighted by molar-refractivity contribution is -0.139. The van der Waals surface area contributed by atoms with Crippen LogP contribution in [-0.4, -0.2) is 58.0 Å².